The van der Waals surface area contributed by atoms with Crippen molar-refractivity contribution in [3.05, 3.63) is 29.8 Å². The third-order valence-electron chi connectivity index (χ3n) is 5.23. The maximum Gasteiger partial charge on any atom is 0.191 e. The number of aliphatic imine (C=N–C) groups is 1. The third kappa shape index (κ3) is 7.39. The van der Waals surface area contributed by atoms with E-state index < -0.39 is 0 Å². The highest BCUT2D eigenvalue weighted by Crippen LogP contribution is 2.43. The van der Waals surface area contributed by atoms with Crippen LogP contribution in [0.4, 0.5) is 0 Å². The second-order valence-electron chi connectivity index (χ2n) is 7.22. The number of guanidine groups is 1. The fourth-order valence-electron chi connectivity index (χ4n) is 3.33. The Balaban J connectivity index is 1.76. The summed E-state index contributed by atoms with van der Waals surface area (Å²) in [5, 5.41) is 6.89. The summed E-state index contributed by atoms with van der Waals surface area (Å²) in [7, 11) is 5.29. The van der Waals surface area contributed by atoms with Gasteiger partial charge in [-0.2, -0.15) is 0 Å². The Kier molecular flexibility index (Phi) is 9.42. The van der Waals surface area contributed by atoms with Crippen LogP contribution in [-0.2, 0) is 16.0 Å². The quantitative estimate of drug-likeness (QED) is 0.333. The van der Waals surface area contributed by atoms with Gasteiger partial charge >= 0.3 is 0 Å². The maximum atomic E-state index is 5.77. The number of nitrogens with zero attached hydrogens (tertiary/aromatic N) is 1. The Morgan fingerprint density at radius 1 is 1.11 bits per heavy atom. The first-order valence-corrected chi connectivity index (χ1v) is 9.85. The van der Waals surface area contributed by atoms with Crippen LogP contribution in [0.2, 0.25) is 0 Å². The van der Waals surface area contributed by atoms with E-state index in [2.05, 4.69) is 27.8 Å². The van der Waals surface area contributed by atoms with E-state index in [1.54, 1.807) is 14.2 Å². The predicted molar refractivity (Wildman–Crippen MR) is 109 cm³/mol. The van der Waals surface area contributed by atoms with Gasteiger partial charge in [0.2, 0.25) is 0 Å². The molecule has 0 bridgehead atoms. The molecule has 1 aromatic rings. The molecule has 1 fully saturated rings. The number of hydrogen-bond donors (Lipinski definition) is 2. The Morgan fingerprint density at radius 2 is 1.93 bits per heavy atom. The van der Waals surface area contributed by atoms with Gasteiger partial charge < -0.3 is 24.8 Å². The van der Waals surface area contributed by atoms with Crippen LogP contribution in [-0.4, -0.2) is 53.6 Å². The van der Waals surface area contributed by atoms with Crippen LogP contribution in [0.25, 0.3) is 0 Å². The molecule has 1 aromatic carbocycles. The molecule has 0 saturated heterocycles. The van der Waals surface area contributed by atoms with Crippen molar-refractivity contribution in [2.45, 2.75) is 38.6 Å². The monoisotopic (exact) mass is 377 g/mol. The van der Waals surface area contributed by atoms with E-state index in [0.29, 0.717) is 18.6 Å². The van der Waals surface area contributed by atoms with Crippen molar-refractivity contribution in [1.29, 1.82) is 0 Å². The number of benzene rings is 1. The van der Waals surface area contributed by atoms with Crippen LogP contribution in [0, 0.1) is 5.41 Å². The van der Waals surface area contributed by atoms with Crippen LogP contribution < -0.4 is 15.4 Å². The van der Waals surface area contributed by atoms with Crippen LogP contribution in [0.5, 0.6) is 5.75 Å². The number of methoxy groups -OCH3 is 2. The molecular weight excluding hydrogens is 342 g/mol. The van der Waals surface area contributed by atoms with Gasteiger partial charge in [0.15, 0.2) is 5.96 Å². The summed E-state index contributed by atoms with van der Waals surface area (Å²) in [6, 6.07) is 8.17. The molecule has 0 atom stereocenters. The van der Waals surface area contributed by atoms with Gasteiger partial charge in [0.1, 0.15) is 5.75 Å². The molecule has 0 aliphatic heterocycles. The predicted octanol–water partition coefficient (Wildman–Crippen LogP) is 2.97. The summed E-state index contributed by atoms with van der Waals surface area (Å²) in [4.78, 5) is 4.36. The molecule has 0 unspecified atom stereocenters. The average Bonchev–Trinajstić information content (AvgIpc) is 2.66. The van der Waals surface area contributed by atoms with Crippen molar-refractivity contribution in [2.24, 2.45) is 10.4 Å². The van der Waals surface area contributed by atoms with Gasteiger partial charge in [0.25, 0.3) is 0 Å². The van der Waals surface area contributed by atoms with E-state index in [0.717, 1.165) is 44.3 Å². The van der Waals surface area contributed by atoms with E-state index in [-0.39, 0.29) is 0 Å². The summed E-state index contributed by atoms with van der Waals surface area (Å²) in [6.45, 7) is 3.86. The normalized spacial score (nSPS) is 15.9. The van der Waals surface area contributed by atoms with Gasteiger partial charge in [0.05, 0.1) is 6.61 Å². The first-order chi connectivity index (χ1) is 13.2. The Bertz CT molecular complexity index is 574. The summed E-state index contributed by atoms with van der Waals surface area (Å²) >= 11 is 0. The van der Waals surface area contributed by atoms with E-state index in [9.17, 15) is 0 Å². The summed E-state index contributed by atoms with van der Waals surface area (Å²) in [6.07, 6.45) is 5.84. The van der Waals surface area contributed by atoms with E-state index in [4.69, 9.17) is 14.2 Å². The molecule has 1 aliphatic carbocycles. The smallest absolute Gasteiger partial charge is 0.191 e. The molecular formula is C21H35N3O3. The van der Waals surface area contributed by atoms with Gasteiger partial charge in [-0.05, 0) is 42.4 Å². The molecule has 152 valence electrons. The SMILES string of the molecule is CN=C(NCc1cccc(OCCCOC)c1)NCC1(CCOC)CCC1. The van der Waals surface area contributed by atoms with Gasteiger partial charge in [-0.15, -0.1) is 0 Å². The minimum atomic E-state index is 0.365. The first kappa shape index (κ1) is 21.5. The fraction of sp³-hybridized carbons (Fsp3) is 0.667. The summed E-state index contributed by atoms with van der Waals surface area (Å²) in [5.41, 5.74) is 1.53. The Hall–Kier alpha value is -1.79. The Labute approximate surface area is 163 Å². The third-order valence-corrected chi connectivity index (χ3v) is 5.23. The minimum Gasteiger partial charge on any atom is -0.493 e. The number of ether oxygens (including phenoxy) is 3. The molecule has 0 aromatic heterocycles. The topological polar surface area (TPSA) is 64.1 Å². The van der Waals surface area contributed by atoms with Gasteiger partial charge in [-0.3, -0.25) is 4.99 Å². The van der Waals surface area contributed by atoms with Gasteiger partial charge in [-0.25, -0.2) is 0 Å². The minimum absolute atomic E-state index is 0.365. The van der Waals surface area contributed by atoms with Crippen molar-refractivity contribution in [2.75, 3.05) is 47.6 Å². The van der Waals surface area contributed by atoms with Crippen molar-refractivity contribution < 1.29 is 14.2 Å². The lowest BCUT2D eigenvalue weighted by Crippen LogP contribution is -2.46. The average molecular weight is 378 g/mol. The van der Waals surface area contributed by atoms with Gasteiger partial charge in [0, 0.05) is 54.0 Å². The number of hydrogen-bond acceptors (Lipinski definition) is 4. The highest BCUT2D eigenvalue weighted by Gasteiger charge is 2.36. The van der Waals surface area contributed by atoms with Crippen molar-refractivity contribution in [3.8, 4) is 5.75 Å². The molecule has 1 aliphatic rings. The van der Waals surface area contributed by atoms with E-state index in [1.165, 1.54) is 24.8 Å². The maximum absolute atomic E-state index is 5.77. The molecule has 1 saturated carbocycles. The van der Waals surface area contributed by atoms with Crippen LogP contribution >= 0.6 is 0 Å². The highest BCUT2D eigenvalue weighted by molar-refractivity contribution is 5.79. The second kappa shape index (κ2) is 11.8. The molecule has 2 rings (SSSR count). The first-order valence-electron chi connectivity index (χ1n) is 9.85. The van der Waals surface area contributed by atoms with Crippen molar-refractivity contribution >= 4 is 5.96 Å². The molecule has 0 heterocycles. The zero-order valence-electron chi connectivity index (χ0n) is 17.1. The largest absolute Gasteiger partial charge is 0.493 e. The van der Waals surface area contributed by atoms with Gasteiger partial charge in [-0.1, -0.05) is 18.6 Å². The standard InChI is InChI=1S/C21H35N3O3/c1-22-20(24-17-21(9-5-10-21)11-14-26-3)23-16-18-7-4-8-19(15-18)27-13-6-12-25-2/h4,7-8,15H,5-6,9-14,16-17H2,1-3H3,(H2,22,23,24). The van der Waals surface area contributed by atoms with Crippen LogP contribution in [0.15, 0.2) is 29.3 Å². The lowest BCUT2D eigenvalue weighted by Gasteiger charge is -2.42. The van der Waals surface area contributed by atoms with E-state index >= 15 is 0 Å². The summed E-state index contributed by atoms with van der Waals surface area (Å²) in [5.74, 6) is 1.73. The summed E-state index contributed by atoms with van der Waals surface area (Å²) < 4.78 is 16.1. The van der Waals surface area contributed by atoms with Crippen LogP contribution in [0.1, 0.15) is 37.7 Å². The van der Waals surface area contributed by atoms with E-state index in [1.807, 2.05) is 19.2 Å². The fourth-order valence-corrected chi connectivity index (χ4v) is 3.33. The molecule has 0 amide bonds. The molecule has 6 nitrogen and oxygen atoms in total. The zero-order valence-corrected chi connectivity index (χ0v) is 17.1. The lowest BCUT2D eigenvalue weighted by molar-refractivity contribution is 0.0732. The molecule has 2 N–H and O–H groups in total. The Morgan fingerprint density at radius 3 is 2.59 bits per heavy atom. The highest BCUT2D eigenvalue weighted by atomic mass is 16.5. The van der Waals surface area contributed by atoms with Crippen molar-refractivity contribution in [1.82, 2.24) is 10.6 Å². The molecule has 0 spiro atoms. The molecule has 0 radical (unpaired) electrons. The van der Waals surface area contributed by atoms with Crippen molar-refractivity contribution in [3.63, 3.8) is 0 Å². The molecule has 6 heteroatoms. The number of rotatable bonds is 12. The lowest BCUT2D eigenvalue weighted by atomic mass is 9.67. The number of nitrogens with one attached hydrogen (secondary N) is 2. The van der Waals surface area contributed by atoms with Crippen LogP contribution in [0.3, 0.4) is 0 Å². The molecule has 27 heavy (non-hydrogen) atoms. The second-order valence-corrected chi connectivity index (χ2v) is 7.22. The zero-order chi connectivity index (χ0) is 19.4.